The number of nitrogens with zero attached hydrogens (tertiary/aromatic N) is 1. The molecule has 148 valence electrons. The Kier molecular flexibility index (Phi) is 3.72. The molecule has 0 aliphatic heterocycles. The van der Waals surface area contributed by atoms with Crippen LogP contribution in [0.4, 0.5) is 0 Å². The second-order valence-electron chi connectivity index (χ2n) is 8.99. The van der Waals surface area contributed by atoms with E-state index in [1.54, 1.807) is 0 Å². The van der Waals surface area contributed by atoms with Gasteiger partial charge in [-0.3, -0.25) is 4.98 Å². The first-order valence-electron chi connectivity index (χ1n) is 10.1. The Labute approximate surface area is 182 Å². The van der Waals surface area contributed by atoms with E-state index in [0.29, 0.717) is 0 Å². The maximum Gasteiger partial charge on any atom is 0.139 e. The topological polar surface area (TPSA) is 26.0 Å². The van der Waals surface area contributed by atoms with E-state index < -0.39 is 0 Å². The summed E-state index contributed by atoms with van der Waals surface area (Å²) in [6.45, 7) is 8.99. The molecule has 2 nitrogen and oxygen atoms in total. The van der Waals surface area contributed by atoms with Gasteiger partial charge in [0.05, 0.1) is 11.1 Å². The molecule has 0 bridgehead atoms. The summed E-state index contributed by atoms with van der Waals surface area (Å²) in [7, 11) is 0. The molecule has 4 heteroatoms. The number of hydrogen-bond donors (Lipinski definition) is 0. The van der Waals surface area contributed by atoms with Crippen LogP contribution in [0.5, 0.6) is 0 Å². The lowest BCUT2D eigenvalue weighted by atomic mass is 9.85. The number of aromatic nitrogens is 1. The highest BCUT2D eigenvalue weighted by Crippen LogP contribution is 2.42. The van der Waals surface area contributed by atoms with Crippen LogP contribution in [0.25, 0.3) is 53.4 Å². The van der Waals surface area contributed by atoms with Gasteiger partial charge in [-0.15, -0.1) is 22.7 Å². The Morgan fingerprint density at radius 3 is 2.63 bits per heavy atom. The fourth-order valence-electron chi connectivity index (χ4n) is 4.38. The van der Waals surface area contributed by atoms with Gasteiger partial charge in [0.15, 0.2) is 0 Å². The zero-order valence-corrected chi connectivity index (χ0v) is 19.0. The monoisotopic (exact) mass is 427 g/mol. The van der Waals surface area contributed by atoms with E-state index in [2.05, 4.69) is 69.5 Å². The van der Waals surface area contributed by atoms with Crippen LogP contribution in [-0.4, -0.2) is 4.98 Å². The van der Waals surface area contributed by atoms with E-state index in [1.165, 1.54) is 30.6 Å². The number of fused-ring (bicyclic) bond motifs is 5. The van der Waals surface area contributed by atoms with Gasteiger partial charge in [-0.05, 0) is 76.5 Å². The molecule has 0 fully saturated rings. The van der Waals surface area contributed by atoms with Crippen LogP contribution in [0.1, 0.15) is 31.2 Å². The van der Waals surface area contributed by atoms with Crippen molar-refractivity contribution in [2.75, 3.05) is 0 Å². The Morgan fingerprint density at radius 2 is 1.80 bits per heavy atom. The van der Waals surface area contributed by atoms with Crippen LogP contribution < -0.4 is 0 Å². The second-order valence-corrected chi connectivity index (χ2v) is 11.2. The molecule has 0 aliphatic carbocycles. The van der Waals surface area contributed by atoms with Crippen molar-refractivity contribution in [2.45, 2.75) is 33.1 Å². The number of aryl methyl sites for hydroxylation is 1. The number of pyridine rings is 1. The number of furan rings is 1. The second kappa shape index (κ2) is 6.16. The predicted molar refractivity (Wildman–Crippen MR) is 131 cm³/mol. The standard InChI is InChI=1S/C26H21NOS2/c1-14-9-16-11-18-21(13-22(16)30-14)28-20-5-7-27-24(23(18)20)17-10-15-6-8-29-25(15)19(12-17)26(2,3)4/h5-13H,1-4H3. The molecule has 0 aliphatic rings. The average Bonchev–Trinajstić information content (AvgIpc) is 3.39. The zero-order chi connectivity index (χ0) is 20.6. The van der Waals surface area contributed by atoms with E-state index in [-0.39, 0.29) is 5.41 Å². The van der Waals surface area contributed by atoms with Gasteiger partial charge in [0.2, 0.25) is 0 Å². The maximum atomic E-state index is 6.27. The molecular formula is C26H21NOS2. The average molecular weight is 428 g/mol. The van der Waals surface area contributed by atoms with Crippen molar-refractivity contribution in [2.24, 2.45) is 0 Å². The minimum atomic E-state index is 0.0614. The van der Waals surface area contributed by atoms with Gasteiger partial charge in [0, 0.05) is 31.4 Å². The summed E-state index contributed by atoms with van der Waals surface area (Å²) in [6, 6.07) is 15.5. The van der Waals surface area contributed by atoms with Gasteiger partial charge >= 0.3 is 0 Å². The van der Waals surface area contributed by atoms with E-state index in [0.717, 1.165) is 33.2 Å². The van der Waals surface area contributed by atoms with E-state index in [4.69, 9.17) is 9.40 Å². The molecular weight excluding hydrogens is 406 g/mol. The van der Waals surface area contributed by atoms with E-state index >= 15 is 0 Å². The fraction of sp³-hybridized carbons (Fsp3) is 0.192. The third-order valence-electron chi connectivity index (χ3n) is 5.78. The molecule has 30 heavy (non-hydrogen) atoms. The van der Waals surface area contributed by atoms with Crippen molar-refractivity contribution >= 4 is 64.8 Å². The lowest BCUT2D eigenvalue weighted by Crippen LogP contribution is -2.11. The minimum absolute atomic E-state index is 0.0614. The number of rotatable bonds is 1. The Bertz CT molecular complexity index is 1590. The maximum absolute atomic E-state index is 6.27. The molecule has 0 saturated heterocycles. The quantitative estimate of drug-likeness (QED) is 0.262. The van der Waals surface area contributed by atoms with Gasteiger partial charge in [-0.1, -0.05) is 20.8 Å². The predicted octanol–water partition coefficient (Wildman–Crippen LogP) is 8.68. The largest absolute Gasteiger partial charge is 0.456 e. The van der Waals surface area contributed by atoms with Crippen molar-refractivity contribution in [1.82, 2.24) is 4.98 Å². The molecule has 0 saturated carbocycles. The Balaban J connectivity index is 1.71. The van der Waals surface area contributed by atoms with Crippen molar-refractivity contribution in [3.05, 3.63) is 64.5 Å². The highest BCUT2D eigenvalue weighted by atomic mass is 32.1. The Hall–Kier alpha value is -2.69. The summed E-state index contributed by atoms with van der Waals surface area (Å²) in [6.07, 6.45) is 1.86. The van der Waals surface area contributed by atoms with Gasteiger partial charge in [-0.2, -0.15) is 0 Å². The molecule has 0 radical (unpaired) electrons. The highest BCUT2D eigenvalue weighted by molar-refractivity contribution is 7.19. The fourth-order valence-corrected chi connectivity index (χ4v) is 6.42. The molecule has 6 rings (SSSR count). The minimum Gasteiger partial charge on any atom is -0.456 e. The summed E-state index contributed by atoms with van der Waals surface area (Å²) < 4.78 is 8.90. The van der Waals surface area contributed by atoms with E-state index in [9.17, 15) is 0 Å². The number of hydrogen-bond acceptors (Lipinski definition) is 4. The molecule has 6 aromatic rings. The molecule has 0 amide bonds. The summed E-state index contributed by atoms with van der Waals surface area (Å²) in [5, 5.41) is 6.98. The molecule has 0 atom stereocenters. The lowest BCUT2D eigenvalue weighted by Gasteiger charge is -2.21. The van der Waals surface area contributed by atoms with Crippen LogP contribution in [0.3, 0.4) is 0 Å². The van der Waals surface area contributed by atoms with Crippen molar-refractivity contribution in [3.63, 3.8) is 0 Å². The summed E-state index contributed by atoms with van der Waals surface area (Å²) >= 11 is 3.63. The van der Waals surface area contributed by atoms with Crippen LogP contribution in [-0.2, 0) is 5.41 Å². The third kappa shape index (κ3) is 2.64. The van der Waals surface area contributed by atoms with Crippen molar-refractivity contribution in [3.8, 4) is 11.3 Å². The van der Waals surface area contributed by atoms with E-state index in [1.807, 2.05) is 34.9 Å². The molecule has 0 N–H and O–H groups in total. The first-order valence-corrected chi connectivity index (χ1v) is 11.8. The van der Waals surface area contributed by atoms with Crippen LogP contribution in [0.15, 0.2) is 58.5 Å². The summed E-state index contributed by atoms with van der Waals surface area (Å²) in [5.74, 6) is 0. The van der Waals surface area contributed by atoms with Gasteiger partial charge < -0.3 is 4.42 Å². The summed E-state index contributed by atoms with van der Waals surface area (Å²) in [4.78, 5) is 6.16. The molecule has 2 aromatic carbocycles. The zero-order valence-electron chi connectivity index (χ0n) is 17.4. The van der Waals surface area contributed by atoms with Crippen LogP contribution in [0.2, 0.25) is 0 Å². The first-order chi connectivity index (χ1) is 14.4. The van der Waals surface area contributed by atoms with Gasteiger partial charge in [0.1, 0.15) is 11.2 Å². The Morgan fingerprint density at radius 1 is 0.933 bits per heavy atom. The first kappa shape index (κ1) is 18.1. The van der Waals surface area contributed by atoms with Gasteiger partial charge in [-0.25, -0.2) is 0 Å². The number of benzene rings is 2. The lowest BCUT2D eigenvalue weighted by molar-refractivity contribution is 0.597. The highest BCUT2D eigenvalue weighted by Gasteiger charge is 2.21. The molecule has 0 unspecified atom stereocenters. The smallest absolute Gasteiger partial charge is 0.139 e. The van der Waals surface area contributed by atoms with Crippen molar-refractivity contribution < 1.29 is 4.42 Å². The number of thiophene rings is 2. The molecule has 0 spiro atoms. The normalized spacial score (nSPS) is 12.7. The van der Waals surface area contributed by atoms with Crippen molar-refractivity contribution in [1.29, 1.82) is 0 Å². The van der Waals surface area contributed by atoms with Crippen LogP contribution in [0, 0.1) is 6.92 Å². The SMILES string of the molecule is Cc1cc2cc3c(cc2s1)oc1ccnc(-c2cc(C(C)(C)C)c4sccc4c2)c13. The van der Waals surface area contributed by atoms with Crippen LogP contribution >= 0.6 is 22.7 Å². The third-order valence-corrected chi connectivity index (χ3v) is 7.75. The summed E-state index contributed by atoms with van der Waals surface area (Å²) in [5.41, 5.74) is 5.41. The molecule has 4 heterocycles. The molecule has 4 aromatic heterocycles. The van der Waals surface area contributed by atoms with Gasteiger partial charge in [0.25, 0.3) is 0 Å².